The SMILES string of the molecule is O=C(c1ccccc1)c1cc(Cl)ccc1N1C(=O)C2CCC(c3ccccc3)CC2C1=O. The Morgan fingerprint density at radius 1 is 0.812 bits per heavy atom. The second kappa shape index (κ2) is 8.36. The van der Waals surface area contributed by atoms with E-state index in [0.717, 1.165) is 6.42 Å². The van der Waals surface area contributed by atoms with E-state index in [1.54, 1.807) is 42.5 Å². The van der Waals surface area contributed by atoms with Crippen molar-refractivity contribution in [1.82, 2.24) is 0 Å². The number of ketones is 1. The van der Waals surface area contributed by atoms with Gasteiger partial charge in [0.05, 0.1) is 17.5 Å². The Kier molecular flexibility index (Phi) is 5.40. The van der Waals surface area contributed by atoms with Crippen molar-refractivity contribution in [1.29, 1.82) is 0 Å². The minimum absolute atomic E-state index is 0.212. The molecule has 32 heavy (non-hydrogen) atoms. The Labute approximate surface area is 191 Å². The van der Waals surface area contributed by atoms with Gasteiger partial charge in [0.15, 0.2) is 5.78 Å². The fourth-order valence-electron chi connectivity index (χ4n) is 5.07. The third kappa shape index (κ3) is 3.55. The molecule has 4 nitrogen and oxygen atoms in total. The lowest BCUT2D eigenvalue weighted by atomic mass is 9.73. The van der Waals surface area contributed by atoms with Crippen molar-refractivity contribution in [3.8, 4) is 0 Å². The average molecular weight is 444 g/mol. The molecule has 1 aliphatic heterocycles. The summed E-state index contributed by atoms with van der Waals surface area (Å²) in [4.78, 5) is 41.3. The third-order valence-corrected chi connectivity index (χ3v) is 6.91. The molecule has 2 aliphatic rings. The molecule has 3 aromatic carbocycles. The van der Waals surface area contributed by atoms with Crippen LogP contribution in [-0.2, 0) is 9.59 Å². The van der Waals surface area contributed by atoms with Gasteiger partial charge in [-0.1, -0.05) is 72.3 Å². The van der Waals surface area contributed by atoms with Crippen LogP contribution in [0.2, 0.25) is 5.02 Å². The van der Waals surface area contributed by atoms with Crippen molar-refractivity contribution in [3.05, 3.63) is 101 Å². The molecular weight excluding hydrogens is 422 g/mol. The van der Waals surface area contributed by atoms with Crippen LogP contribution in [0.15, 0.2) is 78.9 Å². The monoisotopic (exact) mass is 443 g/mol. The van der Waals surface area contributed by atoms with Crippen LogP contribution in [0.3, 0.4) is 0 Å². The first-order chi connectivity index (χ1) is 15.5. The van der Waals surface area contributed by atoms with Gasteiger partial charge in [0.25, 0.3) is 0 Å². The fourth-order valence-corrected chi connectivity index (χ4v) is 5.25. The van der Waals surface area contributed by atoms with Crippen LogP contribution in [0.25, 0.3) is 0 Å². The molecule has 0 aromatic heterocycles. The van der Waals surface area contributed by atoms with Crippen LogP contribution in [-0.4, -0.2) is 17.6 Å². The molecule has 160 valence electrons. The summed E-state index contributed by atoms with van der Waals surface area (Å²) in [5.41, 5.74) is 2.28. The number of hydrogen-bond acceptors (Lipinski definition) is 3. The van der Waals surface area contributed by atoms with Crippen LogP contribution in [0.4, 0.5) is 5.69 Å². The summed E-state index contributed by atoms with van der Waals surface area (Å²) in [6.07, 6.45) is 2.18. The summed E-state index contributed by atoms with van der Waals surface area (Å²) >= 11 is 6.20. The van der Waals surface area contributed by atoms with E-state index in [-0.39, 0.29) is 40.9 Å². The van der Waals surface area contributed by atoms with Crippen molar-refractivity contribution in [3.63, 3.8) is 0 Å². The van der Waals surface area contributed by atoms with Gasteiger partial charge < -0.3 is 0 Å². The van der Waals surface area contributed by atoms with Gasteiger partial charge in [-0.2, -0.15) is 0 Å². The van der Waals surface area contributed by atoms with Crippen LogP contribution >= 0.6 is 11.6 Å². The van der Waals surface area contributed by atoms with E-state index < -0.39 is 0 Å². The minimum atomic E-state index is -0.364. The number of anilines is 1. The molecule has 0 spiro atoms. The van der Waals surface area contributed by atoms with Gasteiger partial charge in [0.2, 0.25) is 11.8 Å². The molecule has 3 atom stereocenters. The molecule has 3 aromatic rings. The number of hydrogen-bond donors (Lipinski definition) is 0. The second-order valence-corrected chi connectivity index (χ2v) is 8.94. The van der Waals surface area contributed by atoms with Crippen molar-refractivity contribution >= 4 is 34.9 Å². The Balaban J connectivity index is 1.49. The maximum absolute atomic E-state index is 13.5. The molecule has 5 rings (SSSR count). The average Bonchev–Trinajstić information content (AvgIpc) is 3.09. The molecule has 1 heterocycles. The Morgan fingerprint density at radius 3 is 2.19 bits per heavy atom. The minimum Gasteiger partial charge on any atom is -0.289 e. The zero-order valence-electron chi connectivity index (χ0n) is 17.4. The highest BCUT2D eigenvalue weighted by Gasteiger charge is 2.51. The van der Waals surface area contributed by atoms with Crippen LogP contribution in [0.5, 0.6) is 0 Å². The van der Waals surface area contributed by atoms with Crippen molar-refractivity contribution in [2.75, 3.05) is 4.90 Å². The first kappa shape index (κ1) is 20.7. The molecule has 0 radical (unpaired) electrons. The molecule has 5 heteroatoms. The van der Waals surface area contributed by atoms with Gasteiger partial charge in [0.1, 0.15) is 0 Å². The molecule has 2 fully saturated rings. The lowest BCUT2D eigenvalue weighted by molar-refractivity contribution is -0.122. The Bertz CT molecular complexity index is 1190. The van der Waals surface area contributed by atoms with Crippen molar-refractivity contribution < 1.29 is 14.4 Å². The second-order valence-electron chi connectivity index (χ2n) is 8.50. The Morgan fingerprint density at radius 2 is 1.47 bits per heavy atom. The van der Waals surface area contributed by atoms with Gasteiger partial charge in [-0.15, -0.1) is 0 Å². The highest BCUT2D eigenvalue weighted by molar-refractivity contribution is 6.32. The van der Waals surface area contributed by atoms with Gasteiger partial charge >= 0.3 is 0 Å². The van der Waals surface area contributed by atoms with E-state index in [1.807, 2.05) is 24.3 Å². The smallest absolute Gasteiger partial charge is 0.237 e. The van der Waals surface area contributed by atoms with E-state index >= 15 is 0 Å². The molecule has 3 unspecified atom stereocenters. The maximum Gasteiger partial charge on any atom is 0.237 e. The normalized spacial score (nSPS) is 22.7. The van der Waals surface area contributed by atoms with E-state index in [1.165, 1.54) is 10.5 Å². The molecule has 1 aliphatic carbocycles. The quantitative estimate of drug-likeness (QED) is 0.387. The van der Waals surface area contributed by atoms with Gasteiger partial charge in [0, 0.05) is 16.1 Å². The number of imide groups is 1. The standard InChI is InChI=1S/C27H22ClNO3/c28-20-12-14-24(23(16-20)25(30)18-9-5-2-6-10-18)29-26(31)21-13-11-19(15-22(21)27(29)32)17-7-3-1-4-8-17/h1-10,12,14,16,19,21-22H,11,13,15H2. The van der Waals surface area contributed by atoms with Gasteiger partial charge in [-0.3, -0.25) is 14.4 Å². The molecular formula is C27H22ClNO3. The van der Waals surface area contributed by atoms with Gasteiger partial charge in [-0.25, -0.2) is 4.90 Å². The predicted molar refractivity (Wildman–Crippen MR) is 124 cm³/mol. The fraction of sp³-hybridized carbons (Fsp3) is 0.222. The number of halogens is 1. The van der Waals surface area contributed by atoms with E-state index in [0.29, 0.717) is 29.1 Å². The molecule has 1 saturated heterocycles. The Hall–Kier alpha value is -3.24. The summed E-state index contributed by atoms with van der Waals surface area (Å²) in [5, 5.41) is 0.383. The highest BCUT2D eigenvalue weighted by atomic mass is 35.5. The van der Waals surface area contributed by atoms with E-state index in [2.05, 4.69) is 12.1 Å². The number of carbonyl (C=O) groups excluding carboxylic acids is 3. The molecule has 0 N–H and O–H groups in total. The number of benzene rings is 3. The summed E-state index contributed by atoms with van der Waals surface area (Å²) in [5.74, 6) is -1.14. The number of amides is 2. The van der Waals surface area contributed by atoms with Crippen LogP contribution in [0, 0.1) is 11.8 Å². The van der Waals surface area contributed by atoms with Crippen molar-refractivity contribution in [2.24, 2.45) is 11.8 Å². The first-order valence-electron chi connectivity index (χ1n) is 10.9. The molecule has 1 saturated carbocycles. The zero-order valence-corrected chi connectivity index (χ0v) is 18.2. The summed E-state index contributed by atoms with van der Waals surface area (Å²) < 4.78 is 0. The topological polar surface area (TPSA) is 54.5 Å². The maximum atomic E-state index is 13.5. The zero-order chi connectivity index (χ0) is 22.2. The lowest BCUT2D eigenvalue weighted by Gasteiger charge is -2.28. The predicted octanol–water partition coefficient (Wildman–Crippen LogP) is 5.64. The lowest BCUT2D eigenvalue weighted by Crippen LogP contribution is -2.32. The largest absolute Gasteiger partial charge is 0.289 e. The third-order valence-electron chi connectivity index (χ3n) is 6.68. The van der Waals surface area contributed by atoms with Crippen LogP contribution in [0.1, 0.15) is 46.7 Å². The summed E-state index contributed by atoms with van der Waals surface area (Å²) in [7, 11) is 0. The van der Waals surface area contributed by atoms with Crippen LogP contribution < -0.4 is 4.90 Å². The number of carbonyl (C=O) groups is 3. The highest BCUT2D eigenvalue weighted by Crippen LogP contribution is 2.46. The number of rotatable bonds is 4. The molecule has 0 bridgehead atoms. The van der Waals surface area contributed by atoms with E-state index in [4.69, 9.17) is 11.6 Å². The number of fused-ring (bicyclic) bond motifs is 1. The van der Waals surface area contributed by atoms with E-state index in [9.17, 15) is 14.4 Å². The summed E-state index contributed by atoms with van der Waals surface area (Å²) in [6.45, 7) is 0. The number of nitrogens with zero attached hydrogens (tertiary/aromatic N) is 1. The molecule has 2 amide bonds. The van der Waals surface area contributed by atoms with Crippen molar-refractivity contribution in [2.45, 2.75) is 25.2 Å². The van der Waals surface area contributed by atoms with Gasteiger partial charge in [-0.05, 0) is 48.9 Å². The first-order valence-corrected chi connectivity index (χ1v) is 11.2. The summed E-state index contributed by atoms with van der Waals surface area (Å²) in [6, 6.07) is 23.7.